The third-order valence-corrected chi connectivity index (χ3v) is 3.55. The van der Waals surface area contributed by atoms with Crippen LogP contribution in [0.25, 0.3) is 5.57 Å². The van der Waals surface area contributed by atoms with Gasteiger partial charge in [0.25, 0.3) is 11.8 Å². The Bertz CT molecular complexity index is 780. The largest absolute Gasteiger partial charge is 0.269 e. The quantitative estimate of drug-likeness (QED) is 0.794. The summed E-state index contributed by atoms with van der Waals surface area (Å²) in [6.45, 7) is 1.94. The van der Waals surface area contributed by atoms with Gasteiger partial charge in [0, 0.05) is 11.1 Å². The first-order valence-corrected chi connectivity index (χ1v) is 6.87. The van der Waals surface area contributed by atoms with Crippen LogP contribution >= 0.6 is 11.6 Å². The smallest absolute Gasteiger partial charge is 0.266 e. The van der Waals surface area contributed by atoms with Gasteiger partial charge in [-0.15, -0.1) is 0 Å². The van der Waals surface area contributed by atoms with E-state index < -0.39 is 0 Å². The number of hydrogen-bond acceptors (Lipinski definition) is 2. The van der Waals surface area contributed by atoms with E-state index in [1.54, 1.807) is 24.3 Å². The van der Waals surface area contributed by atoms with Crippen molar-refractivity contribution in [2.24, 2.45) is 0 Å². The molecule has 104 valence electrons. The van der Waals surface area contributed by atoms with Gasteiger partial charge in [-0.05, 0) is 30.7 Å². The first-order valence-electron chi connectivity index (χ1n) is 6.49. The van der Waals surface area contributed by atoms with Crippen LogP contribution in [-0.2, 0) is 9.59 Å². The Balaban J connectivity index is 2.00. The lowest BCUT2D eigenvalue weighted by atomic mass is 10.0. The van der Waals surface area contributed by atoms with Crippen molar-refractivity contribution in [3.63, 3.8) is 0 Å². The highest BCUT2D eigenvalue weighted by atomic mass is 35.5. The summed E-state index contributed by atoms with van der Waals surface area (Å²) in [7, 11) is 0. The molecule has 1 heterocycles. The van der Waals surface area contributed by atoms with Crippen molar-refractivity contribution >= 4 is 34.7 Å². The van der Waals surface area contributed by atoms with E-state index in [0.717, 1.165) is 16.0 Å². The Morgan fingerprint density at radius 3 is 2.48 bits per heavy atom. The van der Waals surface area contributed by atoms with Gasteiger partial charge in [0.15, 0.2) is 0 Å². The van der Waals surface area contributed by atoms with Crippen LogP contribution in [0.4, 0.5) is 5.69 Å². The van der Waals surface area contributed by atoms with E-state index in [4.69, 9.17) is 11.6 Å². The Morgan fingerprint density at radius 1 is 1.00 bits per heavy atom. The number of carbonyl (C=O) groups excluding carboxylic acids is 2. The summed E-state index contributed by atoms with van der Waals surface area (Å²) in [5, 5.41) is 0.483. The second-order valence-corrected chi connectivity index (χ2v) is 5.32. The minimum absolute atomic E-state index is 0.326. The van der Waals surface area contributed by atoms with Crippen LogP contribution in [0, 0.1) is 6.92 Å². The van der Waals surface area contributed by atoms with Crippen LogP contribution in [-0.4, -0.2) is 11.8 Å². The van der Waals surface area contributed by atoms with Gasteiger partial charge in [-0.2, -0.15) is 0 Å². The molecule has 21 heavy (non-hydrogen) atoms. The molecule has 0 aliphatic carbocycles. The topological polar surface area (TPSA) is 37.4 Å². The van der Waals surface area contributed by atoms with Gasteiger partial charge in [0.05, 0.1) is 11.3 Å². The van der Waals surface area contributed by atoms with Gasteiger partial charge < -0.3 is 0 Å². The minimum Gasteiger partial charge on any atom is -0.269 e. The Labute approximate surface area is 127 Å². The zero-order chi connectivity index (χ0) is 15.0. The fourth-order valence-corrected chi connectivity index (χ4v) is 2.53. The molecule has 4 heteroatoms. The summed E-state index contributed by atoms with van der Waals surface area (Å²) < 4.78 is 0. The summed E-state index contributed by atoms with van der Waals surface area (Å²) in [4.78, 5) is 25.8. The molecule has 0 radical (unpaired) electrons. The predicted octanol–water partition coefficient (Wildman–Crippen LogP) is 3.61. The number of benzene rings is 2. The summed E-state index contributed by atoms with van der Waals surface area (Å²) in [5.41, 5.74) is 2.67. The van der Waals surface area contributed by atoms with Crippen LogP contribution in [0.15, 0.2) is 54.6 Å². The lowest BCUT2D eigenvalue weighted by Gasteiger charge is -2.15. The van der Waals surface area contributed by atoms with E-state index in [1.807, 2.05) is 31.2 Å². The van der Waals surface area contributed by atoms with Crippen LogP contribution in [0.3, 0.4) is 0 Å². The number of aryl methyl sites for hydroxylation is 1. The van der Waals surface area contributed by atoms with Crippen LogP contribution in [0.5, 0.6) is 0 Å². The standard InChI is InChI=1S/C17H12ClNO2/c1-11-4-2-5-12(8-11)15-10-16(20)19(17(15)21)14-7-3-6-13(18)9-14/h2-10H,1H3. The molecule has 2 amide bonds. The Hall–Kier alpha value is -2.39. The first-order chi connectivity index (χ1) is 10.1. The molecule has 1 aliphatic rings. The van der Waals surface area contributed by atoms with E-state index >= 15 is 0 Å². The highest BCUT2D eigenvalue weighted by Crippen LogP contribution is 2.29. The average Bonchev–Trinajstić information content (AvgIpc) is 2.74. The van der Waals surface area contributed by atoms with Crippen LogP contribution < -0.4 is 4.90 Å². The van der Waals surface area contributed by atoms with Gasteiger partial charge >= 0.3 is 0 Å². The number of hydrogen-bond donors (Lipinski definition) is 0. The molecule has 0 fully saturated rings. The zero-order valence-electron chi connectivity index (χ0n) is 11.3. The third kappa shape index (κ3) is 2.48. The van der Waals surface area contributed by atoms with Gasteiger partial charge in [0.1, 0.15) is 0 Å². The van der Waals surface area contributed by atoms with Crippen molar-refractivity contribution < 1.29 is 9.59 Å². The van der Waals surface area contributed by atoms with Crippen molar-refractivity contribution in [2.45, 2.75) is 6.92 Å². The van der Waals surface area contributed by atoms with Crippen molar-refractivity contribution in [1.82, 2.24) is 0 Å². The maximum Gasteiger partial charge on any atom is 0.266 e. The van der Waals surface area contributed by atoms with E-state index in [1.165, 1.54) is 6.08 Å². The van der Waals surface area contributed by atoms with E-state index in [9.17, 15) is 9.59 Å². The zero-order valence-corrected chi connectivity index (χ0v) is 12.1. The number of anilines is 1. The fourth-order valence-electron chi connectivity index (χ4n) is 2.35. The second-order valence-electron chi connectivity index (χ2n) is 4.89. The lowest BCUT2D eigenvalue weighted by Crippen LogP contribution is -2.30. The van der Waals surface area contributed by atoms with Gasteiger partial charge in [0.2, 0.25) is 0 Å². The molecule has 3 rings (SSSR count). The van der Waals surface area contributed by atoms with E-state index in [0.29, 0.717) is 16.3 Å². The number of nitrogens with zero attached hydrogens (tertiary/aromatic N) is 1. The number of amides is 2. The molecule has 0 saturated carbocycles. The molecule has 3 nitrogen and oxygen atoms in total. The number of rotatable bonds is 2. The van der Waals surface area contributed by atoms with E-state index in [-0.39, 0.29) is 11.8 Å². The number of halogens is 1. The number of imide groups is 1. The lowest BCUT2D eigenvalue weighted by molar-refractivity contribution is -0.119. The molecule has 0 aromatic heterocycles. The Kier molecular flexibility index (Phi) is 3.35. The molecule has 1 aliphatic heterocycles. The van der Waals surface area contributed by atoms with Crippen LogP contribution in [0.2, 0.25) is 5.02 Å². The summed E-state index contributed by atoms with van der Waals surface area (Å²) >= 11 is 5.93. The second kappa shape index (κ2) is 5.19. The normalized spacial score (nSPS) is 14.6. The SMILES string of the molecule is Cc1cccc(C2=CC(=O)N(c3cccc(Cl)c3)C2=O)c1. The molecular weight excluding hydrogens is 286 g/mol. The highest BCUT2D eigenvalue weighted by Gasteiger charge is 2.33. The molecule has 0 N–H and O–H groups in total. The average molecular weight is 298 g/mol. The highest BCUT2D eigenvalue weighted by molar-refractivity contribution is 6.43. The van der Waals surface area contributed by atoms with Crippen LogP contribution in [0.1, 0.15) is 11.1 Å². The molecule has 0 bridgehead atoms. The summed E-state index contributed by atoms with van der Waals surface area (Å²) in [5.74, 6) is -0.674. The van der Waals surface area contributed by atoms with Crippen molar-refractivity contribution in [3.05, 3.63) is 70.8 Å². The molecule has 2 aromatic rings. The molecule has 0 spiro atoms. The van der Waals surface area contributed by atoms with Gasteiger partial charge in [-0.1, -0.05) is 47.5 Å². The fraction of sp³-hybridized carbons (Fsp3) is 0.0588. The molecule has 0 saturated heterocycles. The molecule has 0 atom stereocenters. The summed E-state index contributed by atoms with van der Waals surface area (Å²) in [6.07, 6.45) is 1.37. The van der Waals surface area contributed by atoms with Crippen molar-refractivity contribution in [2.75, 3.05) is 4.90 Å². The Morgan fingerprint density at radius 2 is 1.76 bits per heavy atom. The van der Waals surface area contributed by atoms with E-state index in [2.05, 4.69) is 0 Å². The maximum absolute atomic E-state index is 12.5. The minimum atomic E-state index is -0.348. The predicted molar refractivity (Wildman–Crippen MR) is 83.1 cm³/mol. The molecule has 2 aromatic carbocycles. The van der Waals surface area contributed by atoms with Crippen molar-refractivity contribution in [3.8, 4) is 0 Å². The monoisotopic (exact) mass is 297 g/mol. The molecule has 0 unspecified atom stereocenters. The summed E-state index contributed by atoms with van der Waals surface area (Å²) in [6, 6.07) is 14.2. The van der Waals surface area contributed by atoms with Gasteiger partial charge in [-0.25, -0.2) is 4.90 Å². The maximum atomic E-state index is 12.5. The first kappa shape index (κ1) is 13.6. The van der Waals surface area contributed by atoms with Crippen molar-refractivity contribution in [1.29, 1.82) is 0 Å². The third-order valence-electron chi connectivity index (χ3n) is 3.32. The molecular formula is C17H12ClNO2. The number of carbonyl (C=O) groups is 2. The van der Waals surface area contributed by atoms with Gasteiger partial charge in [-0.3, -0.25) is 9.59 Å².